The SMILES string of the molecule is Cc1cc(C2(c3cc(C)c(N)c(C)c3)c3cc(O)c(O)cc3-c3cc4ccccc4cc32)cc(C)c1N. The van der Waals surface area contributed by atoms with E-state index in [1.807, 2.05) is 39.8 Å². The number of phenols is 2. The van der Waals surface area contributed by atoms with E-state index in [1.54, 1.807) is 12.1 Å². The van der Waals surface area contributed by atoms with Crippen molar-refractivity contribution in [3.05, 3.63) is 117 Å². The van der Waals surface area contributed by atoms with Gasteiger partial charge in [0.1, 0.15) is 0 Å². The summed E-state index contributed by atoms with van der Waals surface area (Å²) in [7, 11) is 0. The summed E-state index contributed by atoms with van der Waals surface area (Å²) in [4.78, 5) is 0. The van der Waals surface area contributed by atoms with Crippen molar-refractivity contribution in [2.45, 2.75) is 33.1 Å². The number of hydrogen-bond acceptors (Lipinski definition) is 4. The van der Waals surface area contributed by atoms with Crippen LogP contribution in [0.4, 0.5) is 11.4 Å². The van der Waals surface area contributed by atoms with Crippen LogP contribution in [0.5, 0.6) is 11.5 Å². The second kappa shape index (κ2) is 7.78. The lowest BCUT2D eigenvalue weighted by atomic mass is 9.66. The summed E-state index contributed by atoms with van der Waals surface area (Å²) in [5.74, 6) is -0.281. The zero-order chi connectivity index (χ0) is 26.2. The van der Waals surface area contributed by atoms with Crippen molar-refractivity contribution in [1.29, 1.82) is 0 Å². The van der Waals surface area contributed by atoms with Gasteiger partial charge in [-0.15, -0.1) is 0 Å². The molecule has 5 aromatic rings. The Kier molecular flexibility index (Phi) is 4.83. The van der Waals surface area contributed by atoms with Crippen molar-refractivity contribution >= 4 is 22.1 Å². The highest BCUT2D eigenvalue weighted by Gasteiger charge is 2.47. The predicted octanol–water partition coefficient (Wildman–Crippen LogP) is 7.01. The third-order valence-corrected chi connectivity index (χ3v) is 8.15. The minimum atomic E-state index is -0.758. The summed E-state index contributed by atoms with van der Waals surface area (Å²) in [6.07, 6.45) is 0. The standard InChI is InChI=1S/C33H30N2O2/c1-17-9-23(10-18(2)31(17)34)33(24-11-19(3)32(35)20(4)12-24)27-14-22-8-6-5-7-21(22)13-25(27)26-15-29(36)30(37)16-28(26)33/h5-16,36-37H,34-35H2,1-4H3. The minimum absolute atomic E-state index is 0.136. The Bertz CT molecular complexity index is 1660. The van der Waals surface area contributed by atoms with E-state index in [1.165, 1.54) is 0 Å². The number of nitrogens with two attached hydrogens (primary N) is 2. The molecule has 0 bridgehead atoms. The van der Waals surface area contributed by atoms with Crippen molar-refractivity contribution in [1.82, 2.24) is 0 Å². The molecule has 1 aliphatic carbocycles. The first-order valence-electron chi connectivity index (χ1n) is 12.5. The van der Waals surface area contributed by atoms with Crippen LogP contribution in [0.3, 0.4) is 0 Å². The average molecular weight is 487 g/mol. The molecule has 0 amide bonds. The van der Waals surface area contributed by atoms with Gasteiger partial charge in [-0.2, -0.15) is 0 Å². The van der Waals surface area contributed by atoms with Crippen LogP contribution in [-0.4, -0.2) is 10.2 Å². The van der Waals surface area contributed by atoms with Gasteiger partial charge in [0, 0.05) is 11.4 Å². The third-order valence-electron chi connectivity index (χ3n) is 8.15. The van der Waals surface area contributed by atoms with E-state index < -0.39 is 5.41 Å². The van der Waals surface area contributed by atoms with E-state index in [2.05, 4.69) is 48.5 Å². The number of fused-ring (bicyclic) bond motifs is 4. The van der Waals surface area contributed by atoms with Crippen molar-refractivity contribution < 1.29 is 10.2 Å². The van der Waals surface area contributed by atoms with E-state index >= 15 is 0 Å². The number of anilines is 2. The van der Waals surface area contributed by atoms with E-state index in [4.69, 9.17) is 11.5 Å². The Morgan fingerprint density at radius 1 is 0.541 bits per heavy atom. The first-order valence-corrected chi connectivity index (χ1v) is 12.5. The summed E-state index contributed by atoms with van der Waals surface area (Å²) in [5.41, 5.74) is 23.7. The lowest BCUT2D eigenvalue weighted by Gasteiger charge is -2.35. The highest BCUT2D eigenvalue weighted by Crippen LogP contribution is 2.59. The van der Waals surface area contributed by atoms with Gasteiger partial charge in [0.15, 0.2) is 11.5 Å². The third kappa shape index (κ3) is 3.08. The van der Waals surface area contributed by atoms with E-state index in [9.17, 15) is 10.2 Å². The molecule has 37 heavy (non-hydrogen) atoms. The van der Waals surface area contributed by atoms with Crippen molar-refractivity contribution in [2.75, 3.05) is 11.5 Å². The van der Waals surface area contributed by atoms with E-state index in [-0.39, 0.29) is 11.5 Å². The number of aryl methyl sites for hydroxylation is 4. The van der Waals surface area contributed by atoms with Gasteiger partial charge in [-0.1, -0.05) is 48.5 Å². The van der Waals surface area contributed by atoms with Crippen LogP contribution in [0.15, 0.2) is 72.8 Å². The van der Waals surface area contributed by atoms with Crippen LogP contribution < -0.4 is 11.5 Å². The molecule has 0 aromatic heterocycles. The van der Waals surface area contributed by atoms with Crippen molar-refractivity contribution in [2.24, 2.45) is 0 Å². The molecule has 0 heterocycles. The summed E-state index contributed by atoms with van der Waals surface area (Å²) in [6, 6.07) is 24.8. The number of aromatic hydroxyl groups is 2. The predicted molar refractivity (Wildman–Crippen MR) is 152 cm³/mol. The lowest BCUT2D eigenvalue weighted by molar-refractivity contribution is 0.403. The normalized spacial score (nSPS) is 13.5. The van der Waals surface area contributed by atoms with E-state index in [0.717, 1.165) is 77.8 Å². The fourth-order valence-electron chi connectivity index (χ4n) is 6.20. The van der Waals surface area contributed by atoms with E-state index in [0.29, 0.717) is 0 Å². The van der Waals surface area contributed by atoms with Gasteiger partial charge in [-0.25, -0.2) is 0 Å². The summed E-state index contributed by atoms with van der Waals surface area (Å²) < 4.78 is 0. The summed E-state index contributed by atoms with van der Waals surface area (Å²) in [6.45, 7) is 8.13. The van der Waals surface area contributed by atoms with Crippen LogP contribution in [0.1, 0.15) is 44.5 Å². The molecule has 0 atom stereocenters. The molecule has 4 heteroatoms. The molecule has 6 rings (SSSR count). The molecule has 0 radical (unpaired) electrons. The molecule has 1 aliphatic rings. The van der Waals surface area contributed by atoms with Crippen molar-refractivity contribution in [3.63, 3.8) is 0 Å². The molecule has 6 N–H and O–H groups in total. The van der Waals surface area contributed by atoms with Gasteiger partial charge in [-0.05, 0) is 118 Å². The smallest absolute Gasteiger partial charge is 0.158 e. The monoisotopic (exact) mass is 486 g/mol. The quantitative estimate of drug-likeness (QED) is 0.156. The summed E-state index contributed by atoms with van der Waals surface area (Å²) in [5, 5.41) is 23.6. The molecular formula is C33H30N2O2. The van der Waals surface area contributed by atoms with Crippen LogP contribution in [0, 0.1) is 27.7 Å². The van der Waals surface area contributed by atoms with Crippen LogP contribution in [0.25, 0.3) is 21.9 Å². The topological polar surface area (TPSA) is 92.5 Å². The van der Waals surface area contributed by atoms with Crippen LogP contribution in [-0.2, 0) is 5.41 Å². The highest BCUT2D eigenvalue weighted by molar-refractivity contribution is 5.96. The number of rotatable bonds is 2. The fourth-order valence-corrected chi connectivity index (χ4v) is 6.20. The molecule has 4 nitrogen and oxygen atoms in total. The summed E-state index contributed by atoms with van der Waals surface area (Å²) >= 11 is 0. The Balaban J connectivity index is 1.88. The van der Waals surface area contributed by atoms with Gasteiger partial charge < -0.3 is 21.7 Å². The highest BCUT2D eigenvalue weighted by atomic mass is 16.3. The molecular weight excluding hydrogens is 456 g/mol. The number of hydrogen-bond donors (Lipinski definition) is 4. The largest absolute Gasteiger partial charge is 0.504 e. The Morgan fingerprint density at radius 2 is 0.946 bits per heavy atom. The molecule has 0 saturated carbocycles. The molecule has 0 aliphatic heterocycles. The Labute approximate surface area is 216 Å². The fraction of sp³-hybridized carbons (Fsp3) is 0.152. The Morgan fingerprint density at radius 3 is 1.46 bits per heavy atom. The molecule has 5 aromatic carbocycles. The Hall–Kier alpha value is -4.44. The maximum Gasteiger partial charge on any atom is 0.158 e. The zero-order valence-electron chi connectivity index (χ0n) is 21.5. The molecule has 0 fully saturated rings. The second-order valence-electron chi connectivity index (χ2n) is 10.4. The van der Waals surface area contributed by atoms with Crippen molar-refractivity contribution in [3.8, 4) is 22.6 Å². The molecule has 184 valence electrons. The first-order chi connectivity index (χ1) is 17.6. The van der Waals surface area contributed by atoms with Gasteiger partial charge in [0.25, 0.3) is 0 Å². The number of nitrogen functional groups attached to an aromatic ring is 2. The maximum atomic E-state index is 10.8. The second-order valence-corrected chi connectivity index (χ2v) is 10.4. The van der Waals surface area contributed by atoms with Crippen LogP contribution in [0.2, 0.25) is 0 Å². The number of benzene rings is 5. The zero-order valence-corrected chi connectivity index (χ0v) is 21.5. The van der Waals surface area contributed by atoms with Gasteiger partial charge in [-0.3, -0.25) is 0 Å². The number of phenolic OH excluding ortho intramolecular Hbond substituents is 2. The first kappa shape index (κ1) is 23.0. The molecule has 0 unspecified atom stereocenters. The van der Waals surface area contributed by atoms with Gasteiger partial charge in [0.05, 0.1) is 5.41 Å². The molecule has 0 spiro atoms. The lowest BCUT2D eigenvalue weighted by Crippen LogP contribution is -2.29. The van der Waals surface area contributed by atoms with Gasteiger partial charge >= 0.3 is 0 Å². The van der Waals surface area contributed by atoms with Gasteiger partial charge in [0.2, 0.25) is 0 Å². The molecule has 0 saturated heterocycles. The minimum Gasteiger partial charge on any atom is -0.504 e. The van der Waals surface area contributed by atoms with Crippen LogP contribution >= 0.6 is 0 Å². The maximum absolute atomic E-state index is 10.8. The average Bonchev–Trinajstić information content (AvgIpc) is 3.13.